The minimum Gasteiger partial charge on any atom is -0.491 e. The van der Waals surface area contributed by atoms with E-state index in [9.17, 15) is 4.79 Å². The molecule has 4 rings (SSSR count). The number of carbonyl (C=O) groups excluding carboxylic acids is 1. The van der Waals surface area contributed by atoms with Crippen LogP contribution in [0.25, 0.3) is 16.5 Å². The van der Waals surface area contributed by atoms with Crippen LogP contribution in [-0.2, 0) is 16.0 Å². The van der Waals surface area contributed by atoms with Crippen molar-refractivity contribution in [1.82, 2.24) is 5.32 Å². The van der Waals surface area contributed by atoms with E-state index in [0.29, 0.717) is 21.6 Å². The zero-order chi connectivity index (χ0) is 18.6. The van der Waals surface area contributed by atoms with Crippen molar-refractivity contribution >= 4 is 50.7 Å². The molecule has 0 aromatic heterocycles. The minimum absolute atomic E-state index is 0.201. The molecule has 3 aromatic rings. The summed E-state index contributed by atoms with van der Waals surface area (Å²) in [5, 5.41) is 4.84. The van der Waals surface area contributed by atoms with E-state index in [-0.39, 0.29) is 5.91 Å². The summed E-state index contributed by atoms with van der Waals surface area (Å²) in [6.07, 6.45) is 0.763. The fraction of sp³-hybridized carbons (Fsp3) is 0.0909. The van der Waals surface area contributed by atoms with Crippen LogP contribution in [0.4, 0.5) is 0 Å². The van der Waals surface area contributed by atoms with Gasteiger partial charge in [-0.2, -0.15) is 0 Å². The molecule has 0 saturated carbocycles. The van der Waals surface area contributed by atoms with Crippen molar-refractivity contribution in [3.05, 3.63) is 88.8 Å². The first kappa shape index (κ1) is 17.8. The second kappa shape index (κ2) is 7.94. The van der Waals surface area contributed by atoms with Crippen molar-refractivity contribution in [2.24, 2.45) is 0 Å². The van der Waals surface area contributed by atoms with Gasteiger partial charge in [-0.1, -0.05) is 96.8 Å². The quantitative estimate of drug-likeness (QED) is 0.381. The molecule has 5 heteroatoms. The van der Waals surface area contributed by atoms with Crippen LogP contribution in [0.2, 0.25) is 0 Å². The standard InChI is InChI=1S/C22H17NO2S2/c24-21-20(27-22(26)23-21)19(25-14-13-15-7-2-1-3-8-15)18-12-6-10-16-9-4-5-11-17(16)18/h1-12H,13-14H2,(H,23,24,26). The van der Waals surface area contributed by atoms with Crippen molar-refractivity contribution in [3.8, 4) is 0 Å². The molecular weight excluding hydrogens is 374 g/mol. The summed E-state index contributed by atoms with van der Waals surface area (Å²) < 4.78 is 6.64. The molecule has 0 aliphatic carbocycles. The number of thiocarbonyl (C=S) groups is 1. The number of carbonyl (C=O) groups is 1. The highest BCUT2D eigenvalue weighted by Crippen LogP contribution is 2.35. The lowest BCUT2D eigenvalue weighted by atomic mass is 10.0. The van der Waals surface area contributed by atoms with Gasteiger partial charge in [0.05, 0.1) is 6.61 Å². The van der Waals surface area contributed by atoms with E-state index in [1.807, 2.05) is 48.5 Å². The molecule has 0 spiro atoms. The smallest absolute Gasteiger partial charge is 0.267 e. The van der Waals surface area contributed by atoms with Gasteiger partial charge in [-0.05, 0) is 16.3 Å². The molecule has 1 aliphatic heterocycles. The second-order valence-electron chi connectivity index (χ2n) is 6.11. The van der Waals surface area contributed by atoms with Crippen LogP contribution in [0, 0.1) is 0 Å². The third kappa shape index (κ3) is 3.89. The highest BCUT2D eigenvalue weighted by Gasteiger charge is 2.28. The third-order valence-electron chi connectivity index (χ3n) is 4.34. The molecule has 0 radical (unpaired) electrons. The number of rotatable bonds is 5. The van der Waals surface area contributed by atoms with Crippen molar-refractivity contribution in [2.45, 2.75) is 6.42 Å². The maximum Gasteiger partial charge on any atom is 0.267 e. The van der Waals surface area contributed by atoms with Gasteiger partial charge in [0.25, 0.3) is 5.91 Å². The Hall–Kier alpha value is -2.63. The van der Waals surface area contributed by atoms with Gasteiger partial charge >= 0.3 is 0 Å². The van der Waals surface area contributed by atoms with Gasteiger partial charge in [0.1, 0.15) is 15.0 Å². The van der Waals surface area contributed by atoms with Gasteiger partial charge in [-0.25, -0.2) is 0 Å². The molecule has 1 heterocycles. The topological polar surface area (TPSA) is 38.3 Å². The van der Waals surface area contributed by atoms with E-state index < -0.39 is 0 Å². The summed E-state index contributed by atoms with van der Waals surface area (Å²) >= 11 is 6.43. The molecule has 0 bridgehead atoms. The Balaban J connectivity index is 1.71. The number of benzene rings is 3. The monoisotopic (exact) mass is 391 g/mol. The maximum absolute atomic E-state index is 12.4. The highest BCUT2D eigenvalue weighted by atomic mass is 32.2. The number of thioether (sulfide) groups is 1. The lowest BCUT2D eigenvalue weighted by molar-refractivity contribution is -0.115. The SMILES string of the molecule is O=C1NC(=S)SC1=C(OCCc1ccccc1)c1cccc2ccccc12. The normalized spacial score (nSPS) is 15.7. The van der Waals surface area contributed by atoms with Gasteiger partial charge in [0.15, 0.2) is 0 Å². The fourth-order valence-electron chi connectivity index (χ4n) is 3.07. The van der Waals surface area contributed by atoms with Gasteiger partial charge in [-0.15, -0.1) is 0 Å². The summed E-state index contributed by atoms with van der Waals surface area (Å²) in [5.74, 6) is 0.387. The van der Waals surface area contributed by atoms with E-state index in [1.54, 1.807) is 0 Å². The van der Waals surface area contributed by atoms with Crippen LogP contribution in [0.15, 0.2) is 77.7 Å². The predicted molar refractivity (Wildman–Crippen MR) is 115 cm³/mol. The van der Waals surface area contributed by atoms with Crippen LogP contribution in [0.1, 0.15) is 11.1 Å². The minimum atomic E-state index is -0.201. The number of ether oxygens (including phenoxy) is 1. The van der Waals surface area contributed by atoms with Gasteiger partial charge in [0.2, 0.25) is 0 Å². The first-order valence-corrected chi connectivity index (χ1v) is 9.87. The van der Waals surface area contributed by atoms with Crippen LogP contribution >= 0.6 is 24.0 Å². The summed E-state index contributed by atoms with van der Waals surface area (Å²) in [6, 6.07) is 24.3. The second-order valence-corrected chi connectivity index (χ2v) is 7.80. The summed E-state index contributed by atoms with van der Waals surface area (Å²) in [5.41, 5.74) is 2.10. The van der Waals surface area contributed by atoms with E-state index in [1.165, 1.54) is 17.3 Å². The van der Waals surface area contributed by atoms with Crippen molar-refractivity contribution in [1.29, 1.82) is 0 Å². The van der Waals surface area contributed by atoms with E-state index in [2.05, 4.69) is 29.6 Å². The molecule has 1 saturated heterocycles. The number of hydrogen-bond acceptors (Lipinski definition) is 4. The Labute approximate surface area is 167 Å². The molecule has 27 heavy (non-hydrogen) atoms. The maximum atomic E-state index is 12.4. The number of fused-ring (bicyclic) bond motifs is 1. The Bertz CT molecular complexity index is 1040. The van der Waals surface area contributed by atoms with Crippen LogP contribution in [-0.4, -0.2) is 16.8 Å². The molecule has 3 aromatic carbocycles. The molecule has 0 unspecified atom stereocenters. The van der Waals surface area contributed by atoms with E-state index in [0.717, 1.165) is 22.8 Å². The molecule has 3 nitrogen and oxygen atoms in total. The number of amides is 1. The Morgan fingerprint density at radius 2 is 1.70 bits per heavy atom. The zero-order valence-electron chi connectivity index (χ0n) is 14.5. The van der Waals surface area contributed by atoms with Gasteiger partial charge in [0, 0.05) is 12.0 Å². The first-order valence-electron chi connectivity index (χ1n) is 8.64. The summed E-state index contributed by atoms with van der Waals surface area (Å²) in [4.78, 5) is 12.9. The number of nitrogens with one attached hydrogen (secondary N) is 1. The summed E-state index contributed by atoms with van der Waals surface area (Å²) in [6.45, 7) is 0.479. The van der Waals surface area contributed by atoms with E-state index in [4.69, 9.17) is 17.0 Å². The zero-order valence-corrected chi connectivity index (χ0v) is 16.1. The molecule has 1 amide bonds. The van der Waals surface area contributed by atoms with Crippen molar-refractivity contribution in [3.63, 3.8) is 0 Å². The average molecular weight is 392 g/mol. The third-order valence-corrected chi connectivity index (χ3v) is 5.55. The predicted octanol–water partition coefficient (Wildman–Crippen LogP) is 4.92. The average Bonchev–Trinajstić information content (AvgIpc) is 3.03. The lowest BCUT2D eigenvalue weighted by Gasteiger charge is -2.15. The molecule has 0 atom stereocenters. The van der Waals surface area contributed by atoms with Crippen molar-refractivity contribution in [2.75, 3.05) is 6.61 Å². The Morgan fingerprint density at radius 1 is 0.963 bits per heavy atom. The lowest BCUT2D eigenvalue weighted by Crippen LogP contribution is -2.18. The van der Waals surface area contributed by atoms with Gasteiger partial charge < -0.3 is 10.1 Å². The fourth-order valence-corrected chi connectivity index (χ4v) is 4.15. The van der Waals surface area contributed by atoms with Crippen LogP contribution in [0.3, 0.4) is 0 Å². The van der Waals surface area contributed by atoms with Crippen LogP contribution < -0.4 is 5.32 Å². The highest BCUT2D eigenvalue weighted by molar-refractivity contribution is 8.26. The Morgan fingerprint density at radius 3 is 2.48 bits per heavy atom. The Kier molecular flexibility index (Phi) is 5.23. The summed E-state index contributed by atoms with van der Waals surface area (Å²) in [7, 11) is 0. The van der Waals surface area contributed by atoms with Crippen molar-refractivity contribution < 1.29 is 9.53 Å². The first-order chi connectivity index (χ1) is 13.2. The largest absolute Gasteiger partial charge is 0.491 e. The number of hydrogen-bond donors (Lipinski definition) is 1. The molecule has 1 fully saturated rings. The van der Waals surface area contributed by atoms with Crippen LogP contribution in [0.5, 0.6) is 0 Å². The molecule has 1 aliphatic rings. The molecule has 134 valence electrons. The molecule has 1 N–H and O–H groups in total. The molecular formula is C22H17NO2S2. The van der Waals surface area contributed by atoms with Gasteiger partial charge in [-0.3, -0.25) is 4.79 Å². The van der Waals surface area contributed by atoms with E-state index >= 15 is 0 Å².